The van der Waals surface area contributed by atoms with Gasteiger partial charge >= 0.3 is 7.60 Å². The molecule has 7 heteroatoms. The Balaban J connectivity index is 2.76. The van der Waals surface area contributed by atoms with Crippen LogP contribution in [-0.2, 0) is 18.3 Å². The van der Waals surface area contributed by atoms with E-state index in [0.717, 1.165) is 0 Å². The summed E-state index contributed by atoms with van der Waals surface area (Å²) in [5.74, 6) is 0.260. The van der Waals surface area contributed by atoms with Crippen LogP contribution >= 0.6 is 7.60 Å². The molecule has 5 nitrogen and oxygen atoms in total. The molecule has 1 N–H and O–H groups in total. The Kier molecular flexibility index (Phi) is 6.08. The van der Waals surface area contributed by atoms with Gasteiger partial charge in [-0.05, 0) is 19.8 Å². The molecule has 1 rings (SSSR count). The van der Waals surface area contributed by atoms with E-state index in [4.69, 9.17) is 13.8 Å². The molecule has 1 saturated heterocycles. The zero-order valence-electron chi connectivity index (χ0n) is 12.7. The van der Waals surface area contributed by atoms with E-state index in [1.54, 1.807) is 13.8 Å². The predicted molar refractivity (Wildman–Crippen MR) is 77.2 cm³/mol. The molecular weight excluding hydrogens is 266 g/mol. The van der Waals surface area contributed by atoms with E-state index < -0.39 is 19.8 Å². The van der Waals surface area contributed by atoms with Gasteiger partial charge in [0.05, 0.1) is 24.8 Å². The fourth-order valence-corrected chi connectivity index (χ4v) is 3.90. The molecule has 0 aromatic heterocycles. The van der Waals surface area contributed by atoms with E-state index >= 15 is 0 Å². The summed E-state index contributed by atoms with van der Waals surface area (Å²) in [6.07, 6.45) is -1.49. The number of aliphatic hydroxyl groups excluding tert-OH is 1. The summed E-state index contributed by atoms with van der Waals surface area (Å²) in [5, 5.41) is 10.4. The van der Waals surface area contributed by atoms with Gasteiger partial charge in [0, 0.05) is 12.6 Å². The van der Waals surface area contributed by atoms with E-state index in [0.29, 0.717) is 6.61 Å². The van der Waals surface area contributed by atoms with Crippen molar-refractivity contribution in [2.75, 3.05) is 13.3 Å². The van der Waals surface area contributed by atoms with Crippen molar-refractivity contribution in [3.8, 4) is 0 Å². The molecule has 0 radical (unpaired) electrons. The maximum absolute atomic E-state index is 12.2. The van der Waals surface area contributed by atoms with E-state index in [1.165, 1.54) is 6.66 Å². The zero-order chi connectivity index (χ0) is 14.8. The minimum Gasteiger partial charge on any atom is -0.390 e. The summed E-state index contributed by atoms with van der Waals surface area (Å²) in [6, 6.07) is -0.297. The van der Waals surface area contributed by atoms with Crippen molar-refractivity contribution < 1.29 is 23.5 Å². The zero-order valence-corrected chi connectivity index (χ0v) is 13.6. The van der Waals surface area contributed by atoms with Crippen LogP contribution in [0.25, 0.3) is 0 Å². The first-order valence-corrected chi connectivity index (χ1v) is 8.87. The van der Waals surface area contributed by atoms with Crippen molar-refractivity contribution >= 4 is 15.4 Å². The summed E-state index contributed by atoms with van der Waals surface area (Å²) in [7, 11) is -1.37. The second kappa shape index (κ2) is 6.73. The Labute approximate surface area is 116 Å². The van der Waals surface area contributed by atoms with Crippen molar-refractivity contribution in [1.29, 1.82) is 0 Å². The van der Waals surface area contributed by atoms with Gasteiger partial charge in [0.2, 0.25) is 0 Å². The lowest BCUT2D eigenvalue weighted by Gasteiger charge is -2.41. The minimum atomic E-state index is -3.19. The Morgan fingerprint density at radius 1 is 1.37 bits per heavy atom. The third-order valence-electron chi connectivity index (χ3n) is 3.36. The molecule has 1 aliphatic rings. The molecule has 1 heterocycles. The lowest BCUT2D eigenvalue weighted by atomic mass is 9.79. The lowest BCUT2D eigenvalue weighted by Crippen LogP contribution is -2.52. The Morgan fingerprint density at radius 2 is 1.95 bits per heavy atom. The van der Waals surface area contributed by atoms with Gasteiger partial charge in [0.25, 0.3) is 0 Å². The van der Waals surface area contributed by atoms with Gasteiger partial charge in [-0.1, -0.05) is 13.8 Å². The topological polar surface area (TPSA) is 65.0 Å². The SMILES string of the molecule is BC1OCC(C(C)C)C(O)C1OP(C)(=O)OC(C)C. The second-order valence-corrected chi connectivity index (χ2v) is 7.90. The molecule has 1 aliphatic heterocycles. The van der Waals surface area contributed by atoms with E-state index in [2.05, 4.69) is 0 Å². The number of hydrogen-bond acceptors (Lipinski definition) is 5. The summed E-state index contributed by atoms with van der Waals surface area (Å²) in [4.78, 5) is 0. The Bertz CT molecular complexity index is 336. The molecule has 0 spiro atoms. The molecule has 112 valence electrons. The van der Waals surface area contributed by atoms with Gasteiger partial charge in [0.1, 0.15) is 14.0 Å². The molecule has 0 amide bonds. The summed E-state index contributed by atoms with van der Waals surface area (Å²) in [5.41, 5.74) is 0. The monoisotopic (exact) mass is 292 g/mol. The maximum Gasteiger partial charge on any atom is 0.328 e. The molecule has 0 aliphatic carbocycles. The number of rotatable bonds is 5. The van der Waals surface area contributed by atoms with Crippen LogP contribution in [-0.4, -0.2) is 50.5 Å². The summed E-state index contributed by atoms with van der Waals surface area (Å²) in [6.45, 7) is 9.59. The molecule has 5 atom stereocenters. The van der Waals surface area contributed by atoms with Crippen LogP contribution in [0.3, 0.4) is 0 Å². The molecule has 19 heavy (non-hydrogen) atoms. The maximum atomic E-state index is 12.2. The van der Waals surface area contributed by atoms with Crippen LogP contribution in [0.4, 0.5) is 0 Å². The highest BCUT2D eigenvalue weighted by Gasteiger charge is 2.42. The van der Waals surface area contributed by atoms with Gasteiger partial charge in [0.15, 0.2) is 0 Å². The standard InChI is InChI=1S/C12H26BO5P/c1-7(2)9-6-16-12(13)11(10(9)14)18-19(5,15)17-8(3)4/h7-12,14H,6,13H2,1-5H3. The predicted octanol–water partition coefficient (Wildman–Crippen LogP) is 1.24. The molecular formula is C12H26BO5P. The smallest absolute Gasteiger partial charge is 0.328 e. The summed E-state index contributed by atoms with van der Waals surface area (Å²) < 4.78 is 28.7. The lowest BCUT2D eigenvalue weighted by molar-refractivity contribution is -0.140. The number of hydrogen-bond donors (Lipinski definition) is 1. The second-order valence-electron chi connectivity index (χ2n) is 5.93. The van der Waals surface area contributed by atoms with Crippen LogP contribution < -0.4 is 0 Å². The van der Waals surface area contributed by atoms with E-state index in [1.807, 2.05) is 21.7 Å². The number of ether oxygens (including phenoxy) is 1. The first-order valence-electron chi connectivity index (χ1n) is 6.88. The first kappa shape index (κ1) is 17.2. The van der Waals surface area contributed by atoms with Crippen molar-refractivity contribution in [2.24, 2.45) is 11.8 Å². The number of aliphatic hydroxyl groups is 1. The van der Waals surface area contributed by atoms with E-state index in [-0.39, 0.29) is 23.9 Å². The molecule has 0 aromatic carbocycles. The van der Waals surface area contributed by atoms with Crippen LogP contribution in [0.15, 0.2) is 0 Å². The highest BCUT2D eigenvalue weighted by molar-refractivity contribution is 7.53. The van der Waals surface area contributed by atoms with Gasteiger partial charge in [-0.3, -0.25) is 4.57 Å². The molecule has 5 unspecified atom stereocenters. The van der Waals surface area contributed by atoms with Gasteiger partial charge in [-0.15, -0.1) is 0 Å². The van der Waals surface area contributed by atoms with Crippen LogP contribution in [0.2, 0.25) is 0 Å². The van der Waals surface area contributed by atoms with Crippen LogP contribution in [0.5, 0.6) is 0 Å². The van der Waals surface area contributed by atoms with E-state index in [9.17, 15) is 9.67 Å². The quantitative estimate of drug-likeness (QED) is 0.610. The normalized spacial score (nSPS) is 35.6. The van der Waals surface area contributed by atoms with Gasteiger partial charge < -0.3 is 18.9 Å². The first-order chi connectivity index (χ1) is 8.64. The fraction of sp³-hybridized carbons (Fsp3) is 1.00. The van der Waals surface area contributed by atoms with Gasteiger partial charge in [-0.2, -0.15) is 0 Å². The Hall–Kier alpha value is 0.135. The summed E-state index contributed by atoms with van der Waals surface area (Å²) >= 11 is 0. The van der Waals surface area contributed by atoms with Crippen LogP contribution in [0.1, 0.15) is 27.7 Å². The minimum absolute atomic E-state index is 0.0137. The highest BCUT2D eigenvalue weighted by atomic mass is 31.2. The molecule has 0 aromatic rings. The largest absolute Gasteiger partial charge is 0.390 e. The van der Waals surface area contributed by atoms with Crippen molar-refractivity contribution in [2.45, 2.75) is 52.0 Å². The average molecular weight is 292 g/mol. The van der Waals surface area contributed by atoms with Crippen molar-refractivity contribution in [1.82, 2.24) is 0 Å². The third-order valence-corrected chi connectivity index (χ3v) is 4.79. The average Bonchev–Trinajstić information content (AvgIpc) is 2.21. The third kappa shape index (κ3) is 4.87. The Morgan fingerprint density at radius 3 is 2.42 bits per heavy atom. The van der Waals surface area contributed by atoms with Crippen LogP contribution in [0, 0.1) is 11.8 Å². The van der Waals surface area contributed by atoms with Gasteiger partial charge in [-0.25, -0.2) is 0 Å². The van der Waals surface area contributed by atoms with Crippen molar-refractivity contribution in [3.05, 3.63) is 0 Å². The van der Waals surface area contributed by atoms with Crippen molar-refractivity contribution in [3.63, 3.8) is 0 Å². The highest BCUT2D eigenvalue weighted by Crippen LogP contribution is 2.48. The molecule has 0 saturated carbocycles. The molecule has 0 bridgehead atoms. The molecule has 1 fully saturated rings. The fourth-order valence-electron chi connectivity index (χ4n) is 2.34.